The third kappa shape index (κ3) is 4.08. The highest BCUT2D eigenvalue weighted by atomic mass is 35.5. The molecular weight excluding hydrogens is 610 g/mol. The van der Waals surface area contributed by atoms with Gasteiger partial charge < -0.3 is 9.90 Å². The Kier molecular flexibility index (Phi) is 7.34. The van der Waals surface area contributed by atoms with E-state index in [9.17, 15) is 14.7 Å². The van der Waals surface area contributed by atoms with Gasteiger partial charge in [-0.25, -0.2) is 9.79 Å². The van der Waals surface area contributed by atoms with Crippen LogP contribution in [0.5, 0.6) is 0 Å². The largest absolute Gasteiger partial charge is 0.545 e. The van der Waals surface area contributed by atoms with Gasteiger partial charge in [0.25, 0.3) is 17.4 Å². The second kappa shape index (κ2) is 11.1. The molecule has 0 saturated heterocycles. The van der Waals surface area contributed by atoms with E-state index in [-0.39, 0.29) is 35.1 Å². The molecule has 2 unspecified atom stereocenters. The molecule has 4 heterocycles. The van der Waals surface area contributed by atoms with E-state index in [1.165, 1.54) is 16.2 Å². The van der Waals surface area contributed by atoms with Crippen LogP contribution < -0.4 is 9.59 Å². The summed E-state index contributed by atoms with van der Waals surface area (Å²) in [7, 11) is 0. The fraction of sp³-hybridized carbons (Fsp3) is 0.353. The average molecular weight is 642 g/mol. The lowest BCUT2D eigenvalue weighted by Crippen LogP contribution is -2.76. The minimum atomic E-state index is -2.50. The van der Waals surface area contributed by atoms with Gasteiger partial charge in [0, 0.05) is 22.0 Å². The molecule has 0 N–H and O–H groups in total. The van der Waals surface area contributed by atoms with Crippen LogP contribution in [-0.4, -0.2) is 52.3 Å². The van der Waals surface area contributed by atoms with Crippen LogP contribution in [0.15, 0.2) is 69.8 Å². The highest BCUT2D eigenvalue weighted by molar-refractivity contribution is 7.17. The molecule has 230 valence electrons. The molecule has 3 aromatic rings. The number of carboxylic acid groups (broad SMARTS) is 1. The highest BCUT2D eigenvalue weighted by Gasteiger charge is 2.70. The van der Waals surface area contributed by atoms with Gasteiger partial charge in [0.05, 0.1) is 28.3 Å². The van der Waals surface area contributed by atoms with Gasteiger partial charge >= 0.3 is 5.91 Å². The van der Waals surface area contributed by atoms with Crippen LogP contribution in [0.25, 0.3) is 0 Å². The molecule has 2 bridgehead atoms. The maximum atomic E-state index is 15.5. The first-order valence-electron chi connectivity index (χ1n) is 15.5. The summed E-state index contributed by atoms with van der Waals surface area (Å²) in [5, 5.41) is 24.2. The minimum absolute atomic E-state index is 0.0142. The zero-order valence-electron chi connectivity index (χ0n) is 25.1. The summed E-state index contributed by atoms with van der Waals surface area (Å²) >= 11 is 8.23. The topological polar surface area (TPSA) is 115 Å². The Hall–Kier alpha value is -3.99. The van der Waals surface area contributed by atoms with E-state index in [2.05, 4.69) is 5.10 Å². The number of quaternary nitrogens is 1. The van der Waals surface area contributed by atoms with Crippen LogP contribution in [0.2, 0.25) is 5.02 Å². The zero-order chi connectivity index (χ0) is 31.5. The first-order chi connectivity index (χ1) is 21.8. The van der Waals surface area contributed by atoms with E-state index in [0.29, 0.717) is 39.8 Å². The number of carbonyl (C=O) groups excluding carboxylic acids is 3. The predicted molar refractivity (Wildman–Crippen MR) is 174 cm³/mol. The highest BCUT2D eigenvalue weighted by Crippen LogP contribution is 2.51. The molecule has 2 atom stereocenters. The van der Waals surface area contributed by atoms with Crippen molar-refractivity contribution in [3.63, 3.8) is 0 Å². The van der Waals surface area contributed by atoms with Crippen molar-refractivity contribution in [2.45, 2.75) is 64.5 Å². The van der Waals surface area contributed by atoms with Crippen molar-refractivity contribution in [3.8, 4) is 0 Å². The summed E-state index contributed by atoms with van der Waals surface area (Å²) in [5.74, 6) is -2.58. The maximum absolute atomic E-state index is 15.5. The molecule has 2 aromatic carbocycles. The lowest BCUT2D eigenvalue weighted by Gasteiger charge is -2.45. The van der Waals surface area contributed by atoms with Crippen LogP contribution in [0, 0.1) is 5.92 Å². The molecule has 1 aliphatic carbocycles. The van der Waals surface area contributed by atoms with Crippen molar-refractivity contribution in [1.29, 1.82) is 0 Å². The maximum Gasteiger partial charge on any atom is 0.364 e. The first-order valence-corrected chi connectivity index (χ1v) is 16.7. The minimum Gasteiger partial charge on any atom is -0.545 e. The Morgan fingerprint density at radius 1 is 1.00 bits per heavy atom. The van der Waals surface area contributed by atoms with Crippen molar-refractivity contribution in [3.05, 3.63) is 86.8 Å². The average Bonchev–Trinajstić information content (AvgIpc) is 3.65. The summed E-state index contributed by atoms with van der Waals surface area (Å²) in [6, 6.07) is 15.7. The van der Waals surface area contributed by atoms with Crippen molar-refractivity contribution in [2.24, 2.45) is 21.1 Å². The number of nitrogens with zero attached hydrogens (tertiary/aromatic N) is 5. The molecule has 7 rings (SSSR count). The molecule has 3 aliphatic heterocycles. The molecule has 9 nitrogen and oxygen atoms in total. The van der Waals surface area contributed by atoms with Crippen molar-refractivity contribution < 1.29 is 19.5 Å². The number of amidine groups is 2. The van der Waals surface area contributed by atoms with Gasteiger partial charge in [-0.3, -0.25) is 9.69 Å². The number of hydrogen-bond donors (Lipinski definition) is 0. The number of aryl methyl sites for hydroxylation is 1. The van der Waals surface area contributed by atoms with Crippen LogP contribution >= 0.6 is 22.9 Å². The smallest absolute Gasteiger partial charge is 0.364 e. The summed E-state index contributed by atoms with van der Waals surface area (Å²) in [4.78, 5) is 51.2. The number of rotatable bonds is 6. The van der Waals surface area contributed by atoms with Crippen molar-refractivity contribution in [1.82, 2.24) is 9.38 Å². The third-order valence-electron chi connectivity index (χ3n) is 9.33. The summed E-state index contributed by atoms with van der Waals surface area (Å²) in [5.41, 5.74) is -0.888. The van der Waals surface area contributed by atoms with E-state index in [0.717, 1.165) is 37.0 Å². The molecular formula is C34H32ClN5O4S. The molecule has 45 heavy (non-hydrogen) atoms. The van der Waals surface area contributed by atoms with E-state index in [4.69, 9.17) is 21.7 Å². The molecule has 0 radical (unpaired) electrons. The molecule has 11 heteroatoms. The summed E-state index contributed by atoms with van der Waals surface area (Å²) in [6.45, 7) is 3.90. The standard InChI is InChI=1S/C34H32ClN5O4S/c1-3-18-39-29(41)22-14-8-9-15-23(22)30(42)40-28(20-12-6-5-7-13-20)37-38-32(40)34(39,33(43)44)36-27(24-16-10-11-17-26(24)35)25-19-21(4-2)45-31(25)40/h8-11,14-17,19-20H,3-7,12-13,18H2,1-2H3. The predicted octanol–water partition coefficient (Wildman–Crippen LogP) is 5.58. The van der Waals surface area contributed by atoms with Crippen LogP contribution in [0.1, 0.15) is 89.1 Å². The number of fused-ring (bicyclic) bond motifs is 2. The fourth-order valence-corrected chi connectivity index (χ4v) is 8.71. The fourth-order valence-electron chi connectivity index (χ4n) is 7.25. The van der Waals surface area contributed by atoms with Crippen LogP contribution in [0.3, 0.4) is 0 Å². The normalized spacial score (nSPS) is 24.4. The first kappa shape index (κ1) is 29.7. The molecule has 0 spiro atoms. The summed E-state index contributed by atoms with van der Waals surface area (Å²) in [6.07, 6.45) is 5.63. The van der Waals surface area contributed by atoms with Gasteiger partial charge in [-0.15, -0.1) is 4.48 Å². The molecule has 1 saturated carbocycles. The van der Waals surface area contributed by atoms with Crippen LogP contribution in [0.4, 0.5) is 5.00 Å². The number of amides is 2. The van der Waals surface area contributed by atoms with Gasteiger partial charge in [-0.1, -0.05) is 96.6 Å². The van der Waals surface area contributed by atoms with Gasteiger partial charge in [0.1, 0.15) is 5.97 Å². The van der Waals surface area contributed by atoms with E-state index >= 15 is 4.79 Å². The van der Waals surface area contributed by atoms with Gasteiger partial charge in [-0.2, -0.15) is 0 Å². The van der Waals surface area contributed by atoms with Gasteiger partial charge in [-0.05, 0) is 49.9 Å². The number of thiophene rings is 1. The Morgan fingerprint density at radius 3 is 2.36 bits per heavy atom. The second-order valence-corrected chi connectivity index (χ2v) is 13.4. The van der Waals surface area contributed by atoms with Crippen LogP contribution in [-0.2, 0) is 11.2 Å². The molecule has 2 amide bonds. The zero-order valence-corrected chi connectivity index (χ0v) is 26.7. The SMILES string of the molecule is CCCN1C(=O)c2ccccc2C(=O)[N+]23C(C4CCCCC4)=NN=C2C1(C(=O)[O-])N=C(c1ccccc1Cl)c1cc(CC)sc13. The number of carbonyl (C=O) groups is 3. The number of carboxylic acids is 1. The Morgan fingerprint density at radius 2 is 1.69 bits per heavy atom. The number of benzene rings is 2. The monoisotopic (exact) mass is 641 g/mol. The number of aliphatic carboxylic acids is 1. The van der Waals surface area contributed by atoms with Gasteiger partial charge in [0.15, 0.2) is 0 Å². The van der Waals surface area contributed by atoms with Crippen molar-refractivity contribution >= 4 is 63.1 Å². The third-order valence-corrected chi connectivity index (χ3v) is 11.0. The quantitative estimate of drug-likeness (QED) is 0.327. The van der Waals surface area contributed by atoms with E-state index < -0.39 is 27.9 Å². The molecule has 1 aromatic heterocycles. The lowest BCUT2D eigenvalue weighted by molar-refractivity contribution is -0.314. The van der Waals surface area contributed by atoms with Gasteiger partial charge in [0.2, 0.25) is 10.8 Å². The van der Waals surface area contributed by atoms with E-state index in [1.54, 1.807) is 48.5 Å². The second-order valence-electron chi connectivity index (χ2n) is 11.9. The number of hydrogen-bond acceptors (Lipinski definition) is 8. The Bertz CT molecular complexity index is 1860. The van der Waals surface area contributed by atoms with Crippen molar-refractivity contribution in [2.75, 3.05) is 6.54 Å². The Balaban J connectivity index is 1.70. The Labute approximate surface area is 270 Å². The number of aliphatic imine (C=N–C) groups is 1. The summed E-state index contributed by atoms with van der Waals surface area (Å²) < 4.78 is -0.652. The molecule has 1 fully saturated rings. The number of halogens is 1. The molecule has 4 aliphatic rings. The lowest BCUT2D eigenvalue weighted by atomic mass is 9.85. The van der Waals surface area contributed by atoms with E-state index in [1.807, 2.05) is 19.9 Å².